The van der Waals surface area contributed by atoms with Crippen molar-refractivity contribution < 1.29 is 41.3 Å². The third-order valence-electron chi connectivity index (χ3n) is 7.66. The van der Waals surface area contributed by atoms with Gasteiger partial charge in [0.1, 0.15) is 41.5 Å². The molecular formula is C31H23F5N4O4. The van der Waals surface area contributed by atoms with Gasteiger partial charge in [-0.25, -0.2) is 13.8 Å². The van der Waals surface area contributed by atoms with Gasteiger partial charge < -0.3 is 19.9 Å². The molecule has 2 aromatic heterocycles. The van der Waals surface area contributed by atoms with Gasteiger partial charge >= 0.3 is 6.18 Å². The van der Waals surface area contributed by atoms with Crippen molar-refractivity contribution in [1.29, 1.82) is 5.26 Å². The number of ether oxygens (including phenoxy) is 2. The van der Waals surface area contributed by atoms with Crippen LogP contribution in [0.1, 0.15) is 34.5 Å². The number of halogens is 5. The normalized spacial score (nSPS) is 19.0. The topological polar surface area (TPSA) is 117 Å². The summed E-state index contributed by atoms with van der Waals surface area (Å²) in [4.78, 5) is 21.5. The lowest BCUT2D eigenvalue weighted by atomic mass is 9.83. The average Bonchev–Trinajstić information content (AvgIpc) is 3.76. The Bertz CT molecular complexity index is 1810. The SMILES string of the molecule is N#CC1(CF)COc2c1cc([C@](O)(CNC(=O)c1cc(OC3CC3)c3ncccc3c1)C(F)(F)F)nc2-c1ccc(F)cc1. The van der Waals surface area contributed by atoms with E-state index in [1.54, 1.807) is 24.4 Å². The predicted molar refractivity (Wildman–Crippen MR) is 146 cm³/mol. The van der Waals surface area contributed by atoms with Gasteiger partial charge in [0, 0.05) is 28.3 Å². The first-order chi connectivity index (χ1) is 21.0. The molecule has 1 aliphatic carbocycles. The summed E-state index contributed by atoms with van der Waals surface area (Å²) in [5.74, 6) is -1.45. The number of nitriles is 1. The maximum absolute atomic E-state index is 14.7. The highest BCUT2D eigenvalue weighted by atomic mass is 19.4. The lowest BCUT2D eigenvalue weighted by Crippen LogP contribution is -2.51. The molecule has 3 heterocycles. The largest absolute Gasteiger partial charge is 0.489 e. The third-order valence-corrected chi connectivity index (χ3v) is 7.66. The van der Waals surface area contributed by atoms with Crippen molar-refractivity contribution in [2.75, 3.05) is 19.8 Å². The molecule has 1 saturated carbocycles. The van der Waals surface area contributed by atoms with Crippen LogP contribution in [0.3, 0.4) is 0 Å². The minimum Gasteiger partial charge on any atom is -0.489 e. The molecule has 8 nitrogen and oxygen atoms in total. The number of fused-ring (bicyclic) bond motifs is 2. The first kappa shape index (κ1) is 29.3. The number of aliphatic hydroxyl groups is 1. The van der Waals surface area contributed by atoms with Crippen molar-refractivity contribution in [2.24, 2.45) is 0 Å². The van der Waals surface area contributed by atoms with Crippen LogP contribution < -0.4 is 14.8 Å². The molecule has 1 fully saturated rings. The van der Waals surface area contributed by atoms with Crippen LogP contribution in [-0.2, 0) is 11.0 Å². The van der Waals surface area contributed by atoms with Gasteiger partial charge in [0.15, 0.2) is 5.75 Å². The molecule has 0 bridgehead atoms. The van der Waals surface area contributed by atoms with E-state index in [1.165, 1.54) is 24.3 Å². The van der Waals surface area contributed by atoms with Crippen molar-refractivity contribution in [3.63, 3.8) is 0 Å². The lowest BCUT2D eigenvalue weighted by Gasteiger charge is -2.31. The molecule has 44 heavy (non-hydrogen) atoms. The molecular weight excluding hydrogens is 587 g/mol. The van der Waals surface area contributed by atoms with Crippen LogP contribution in [-0.4, -0.2) is 53.1 Å². The van der Waals surface area contributed by atoms with E-state index in [2.05, 4.69) is 15.3 Å². The van der Waals surface area contributed by atoms with Crippen LogP contribution >= 0.6 is 0 Å². The van der Waals surface area contributed by atoms with Crippen LogP contribution in [0.4, 0.5) is 22.0 Å². The number of benzene rings is 2. The molecule has 2 aliphatic rings. The monoisotopic (exact) mass is 610 g/mol. The second-order valence-electron chi connectivity index (χ2n) is 10.8. The van der Waals surface area contributed by atoms with Crippen LogP contribution in [0.25, 0.3) is 22.2 Å². The number of alkyl halides is 4. The van der Waals surface area contributed by atoms with Crippen molar-refractivity contribution in [2.45, 2.75) is 36.1 Å². The Morgan fingerprint density at radius 3 is 2.59 bits per heavy atom. The van der Waals surface area contributed by atoms with Crippen molar-refractivity contribution in [3.8, 4) is 28.8 Å². The van der Waals surface area contributed by atoms with Gasteiger partial charge in [0.25, 0.3) is 5.91 Å². The molecule has 0 spiro atoms. The number of nitrogens with one attached hydrogen (secondary N) is 1. The van der Waals surface area contributed by atoms with Crippen LogP contribution in [0.5, 0.6) is 11.5 Å². The minimum atomic E-state index is -5.40. The van der Waals surface area contributed by atoms with Crippen LogP contribution in [0, 0.1) is 17.1 Å². The smallest absolute Gasteiger partial charge is 0.424 e. The number of hydrogen-bond donors (Lipinski definition) is 2. The number of carbonyl (C=O) groups excluding carboxylic acids is 1. The van der Waals surface area contributed by atoms with Crippen molar-refractivity contribution >= 4 is 16.8 Å². The molecule has 226 valence electrons. The molecule has 4 aromatic rings. The fourth-order valence-electron chi connectivity index (χ4n) is 4.95. The van der Waals surface area contributed by atoms with Crippen molar-refractivity contribution in [3.05, 3.63) is 83.4 Å². The molecule has 13 heteroatoms. The highest BCUT2D eigenvalue weighted by Gasteiger charge is 2.57. The Labute approximate surface area is 247 Å². The maximum atomic E-state index is 14.7. The van der Waals surface area contributed by atoms with E-state index in [4.69, 9.17) is 9.47 Å². The lowest BCUT2D eigenvalue weighted by molar-refractivity contribution is -0.265. The van der Waals surface area contributed by atoms with Gasteiger partial charge in [-0.05, 0) is 61.4 Å². The second kappa shape index (κ2) is 10.7. The quantitative estimate of drug-likeness (QED) is 0.261. The van der Waals surface area contributed by atoms with Gasteiger partial charge in [-0.15, -0.1) is 0 Å². The number of rotatable bonds is 8. The van der Waals surface area contributed by atoms with Gasteiger partial charge in [-0.3, -0.25) is 9.78 Å². The van der Waals surface area contributed by atoms with Crippen molar-refractivity contribution in [1.82, 2.24) is 15.3 Å². The molecule has 0 radical (unpaired) electrons. The Balaban J connectivity index is 1.40. The van der Waals surface area contributed by atoms with E-state index < -0.39 is 54.4 Å². The zero-order chi connectivity index (χ0) is 31.3. The van der Waals surface area contributed by atoms with E-state index in [9.17, 15) is 37.1 Å². The maximum Gasteiger partial charge on any atom is 0.424 e. The fourth-order valence-corrected chi connectivity index (χ4v) is 4.95. The first-order valence-corrected chi connectivity index (χ1v) is 13.5. The molecule has 2 aromatic carbocycles. The summed E-state index contributed by atoms with van der Waals surface area (Å²) in [6.07, 6.45) is -2.28. The molecule has 6 rings (SSSR count). The Hall–Kier alpha value is -4.83. The average molecular weight is 611 g/mol. The minimum absolute atomic E-state index is 0.0334. The van der Waals surface area contributed by atoms with E-state index in [-0.39, 0.29) is 34.2 Å². The number of aromatic nitrogens is 2. The van der Waals surface area contributed by atoms with Crippen LogP contribution in [0.2, 0.25) is 0 Å². The van der Waals surface area contributed by atoms with Gasteiger partial charge in [-0.1, -0.05) is 6.07 Å². The molecule has 0 saturated heterocycles. The third kappa shape index (κ3) is 5.05. The van der Waals surface area contributed by atoms with Gasteiger partial charge in [0.05, 0.1) is 24.4 Å². The second-order valence-corrected chi connectivity index (χ2v) is 10.8. The molecule has 2 N–H and O–H groups in total. The summed E-state index contributed by atoms with van der Waals surface area (Å²) in [6, 6.07) is 13.1. The number of nitrogens with zero attached hydrogens (tertiary/aromatic N) is 3. The molecule has 2 atom stereocenters. The highest BCUT2D eigenvalue weighted by Crippen LogP contribution is 2.48. The zero-order valence-corrected chi connectivity index (χ0v) is 22.8. The number of pyridine rings is 2. The molecule has 1 aliphatic heterocycles. The standard InChI is InChI=1S/C31H23F5N4O4/c32-13-29(14-37)16-43-27-22(29)12-24(40-26(27)17-3-5-20(33)6-4-17)30(42,31(34,35)36)15-39-28(41)19-10-18-2-1-9-38-25(18)23(11-19)44-21-7-8-21/h1-6,9-12,21,42H,7-8,13,15-16H2,(H,39,41)/t29?,30-/m1/s1. The Morgan fingerprint density at radius 2 is 1.93 bits per heavy atom. The molecule has 1 amide bonds. The highest BCUT2D eigenvalue weighted by molar-refractivity contribution is 6.00. The van der Waals surface area contributed by atoms with Gasteiger partial charge in [0.2, 0.25) is 5.60 Å². The first-order valence-electron chi connectivity index (χ1n) is 13.5. The van der Waals surface area contributed by atoms with E-state index in [1.807, 2.05) is 0 Å². The zero-order valence-electron chi connectivity index (χ0n) is 22.8. The van der Waals surface area contributed by atoms with E-state index in [0.717, 1.165) is 31.0 Å². The summed E-state index contributed by atoms with van der Waals surface area (Å²) in [5, 5.41) is 23.7. The Kier molecular flexibility index (Phi) is 7.12. The summed E-state index contributed by atoms with van der Waals surface area (Å²) in [6.45, 7) is -3.20. The van der Waals surface area contributed by atoms with Gasteiger partial charge in [-0.2, -0.15) is 18.4 Å². The summed E-state index contributed by atoms with van der Waals surface area (Å²) >= 11 is 0. The summed E-state index contributed by atoms with van der Waals surface area (Å²) < 4.78 is 83.3. The number of hydrogen-bond acceptors (Lipinski definition) is 7. The predicted octanol–water partition coefficient (Wildman–Crippen LogP) is 5.28. The Morgan fingerprint density at radius 1 is 1.18 bits per heavy atom. The van der Waals surface area contributed by atoms with E-state index >= 15 is 0 Å². The van der Waals surface area contributed by atoms with E-state index in [0.29, 0.717) is 16.7 Å². The van der Waals surface area contributed by atoms with Crippen LogP contribution in [0.15, 0.2) is 60.8 Å². The summed E-state index contributed by atoms with van der Waals surface area (Å²) in [7, 11) is 0. The number of carbonyl (C=O) groups is 1. The molecule has 1 unspecified atom stereocenters. The number of amides is 1. The fraction of sp³-hybridized carbons (Fsp3) is 0.290. The summed E-state index contributed by atoms with van der Waals surface area (Å²) in [5.41, 5.74) is -6.76.